The number of non-ortho nitro benzene ring substituents is 1. The van der Waals surface area contributed by atoms with Gasteiger partial charge in [0, 0.05) is 39.7 Å². The smallest absolute Gasteiger partial charge is 0.282 e. The molecule has 1 heterocycles. The second-order valence-corrected chi connectivity index (χ2v) is 9.75. The van der Waals surface area contributed by atoms with Gasteiger partial charge >= 0.3 is 0 Å². The molecule has 0 atom stereocenters. The van der Waals surface area contributed by atoms with E-state index in [1.807, 2.05) is 6.07 Å². The number of ether oxygens (including phenoxy) is 2. The van der Waals surface area contributed by atoms with Crippen LogP contribution in [0.3, 0.4) is 0 Å². The summed E-state index contributed by atoms with van der Waals surface area (Å²) < 4.78 is 13.6. The summed E-state index contributed by atoms with van der Waals surface area (Å²) in [6.07, 6.45) is 3.85. The van der Waals surface area contributed by atoms with Gasteiger partial charge in [-0.15, -0.1) is 0 Å². The molecule has 11 heteroatoms. The van der Waals surface area contributed by atoms with E-state index in [0.717, 1.165) is 22.9 Å². The van der Waals surface area contributed by atoms with Crippen molar-refractivity contribution in [3.05, 3.63) is 102 Å². The predicted molar refractivity (Wildman–Crippen MR) is 151 cm³/mol. The summed E-state index contributed by atoms with van der Waals surface area (Å²) in [4.78, 5) is 28.6. The summed E-state index contributed by atoms with van der Waals surface area (Å²) in [5.74, 6) is 1.28. The highest BCUT2D eigenvalue weighted by Gasteiger charge is 2.15. The van der Waals surface area contributed by atoms with Gasteiger partial charge in [-0.2, -0.15) is 9.78 Å². The van der Waals surface area contributed by atoms with E-state index in [1.165, 1.54) is 30.1 Å². The van der Waals surface area contributed by atoms with Crippen molar-refractivity contribution in [3.8, 4) is 11.5 Å². The molecule has 0 aliphatic rings. The molecule has 0 saturated carbocycles. The maximum atomic E-state index is 13.4. The third-order valence-corrected chi connectivity index (χ3v) is 6.45. The average Bonchev–Trinajstić information content (AvgIpc) is 2.91. The second kappa shape index (κ2) is 12.2. The van der Waals surface area contributed by atoms with E-state index >= 15 is 0 Å². The van der Waals surface area contributed by atoms with Gasteiger partial charge < -0.3 is 9.47 Å². The zero-order chi connectivity index (χ0) is 27.2. The summed E-state index contributed by atoms with van der Waals surface area (Å²) in [5, 5.41) is 16.3. The Balaban J connectivity index is 1.74. The Hall–Kier alpha value is -3.76. The number of halogens is 2. The second-order valence-electron chi connectivity index (χ2n) is 8.39. The van der Waals surface area contributed by atoms with Crippen molar-refractivity contribution in [2.75, 3.05) is 7.11 Å². The van der Waals surface area contributed by atoms with Crippen LogP contribution in [0.4, 0.5) is 5.69 Å². The molecule has 4 aromatic rings. The van der Waals surface area contributed by atoms with Crippen molar-refractivity contribution >= 4 is 50.3 Å². The molecule has 9 nitrogen and oxygen atoms in total. The Bertz CT molecular complexity index is 1570. The summed E-state index contributed by atoms with van der Waals surface area (Å²) in [6, 6.07) is 14.7. The quantitative estimate of drug-likeness (QED) is 0.116. The number of unbranched alkanes of at least 4 members (excludes halogenated alkanes) is 1. The van der Waals surface area contributed by atoms with Crippen LogP contribution in [0.1, 0.15) is 36.7 Å². The van der Waals surface area contributed by atoms with Gasteiger partial charge in [-0.1, -0.05) is 40.9 Å². The molecule has 0 fully saturated rings. The zero-order valence-corrected chi connectivity index (χ0v) is 23.0. The van der Waals surface area contributed by atoms with Crippen LogP contribution < -0.4 is 15.0 Å². The number of benzene rings is 3. The number of hydrogen-bond donors (Lipinski definition) is 0. The van der Waals surface area contributed by atoms with Gasteiger partial charge in [0.2, 0.25) is 0 Å². The molecule has 0 aliphatic carbocycles. The van der Waals surface area contributed by atoms with Crippen molar-refractivity contribution in [1.29, 1.82) is 0 Å². The van der Waals surface area contributed by atoms with Crippen LogP contribution in [0.15, 0.2) is 69.0 Å². The first-order valence-electron chi connectivity index (χ1n) is 11.8. The number of nitro benzene ring substituents is 1. The van der Waals surface area contributed by atoms with Crippen LogP contribution >= 0.6 is 27.5 Å². The van der Waals surface area contributed by atoms with Crippen molar-refractivity contribution in [2.24, 2.45) is 5.10 Å². The first kappa shape index (κ1) is 27.3. The number of aromatic nitrogens is 2. The van der Waals surface area contributed by atoms with Gasteiger partial charge in [0.15, 0.2) is 11.5 Å². The van der Waals surface area contributed by atoms with Crippen molar-refractivity contribution in [3.63, 3.8) is 0 Å². The molecule has 1 aromatic heterocycles. The first-order valence-corrected chi connectivity index (χ1v) is 13.0. The van der Waals surface area contributed by atoms with Gasteiger partial charge in [-0.05, 0) is 48.4 Å². The third kappa shape index (κ3) is 6.20. The maximum Gasteiger partial charge on any atom is 0.282 e. The number of methoxy groups -OCH3 is 1. The topological polar surface area (TPSA) is 109 Å². The van der Waals surface area contributed by atoms with E-state index in [-0.39, 0.29) is 17.9 Å². The summed E-state index contributed by atoms with van der Waals surface area (Å²) in [6.45, 7) is 2.18. The van der Waals surface area contributed by atoms with Gasteiger partial charge in [0.1, 0.15) is 12.4 Å². The van der Waals surface area contributed by atoms with Gasteiger partial charge in [-0.25, -0.2) is 4.98 Å². The lowest BCUT2D eigenvalue weighted by Crippen LogP contribution is -2.22. The molecule has 0 N–H and O–H groups in total. The predicted octanol–water partition coefficient (Wildman–Crippen LogP) is 6.53. The molecule has 0 bridgehead atoms. The van der Waals surface area contributed by atoms with E-state index in [4.69, 9.17) is 26.1 Å². The first-order chi connectivity index (χ1) is 18.3. The van der Waals surface area contributed by atoms with Crippen LogP contribution in [0, 0.1) is 10.1 Å². The molecule has 0 saturated heterocycles. The Kier molecular flexibility index (Phi) is 8.75. The normalized spacial score (nSPS) is 11.3. The number of nitro groups is 1. The highest BCUT2D eigenvalue weighted by atomic mass is 79.9. The van der Waals surface area contributed by atoms with E-state index < -0.39 is 4.92 Å². The standard InChI is InChI=1S/C27H24BrClN4O5/c1-3-4-5-25-31-23-11-8-19(28)13-22(23)27(34)32(25)30-15-18-12-20(29)14-24(37-2)26(18)38-16-17-6-9-21(10-7-17)33(35)36/h6-15H,3-5,16H2,1-2H3. The average molecular weight is 600 g/mol. The van der Waals surface area contributed by atoms with Gasteiger partial charge in [0.25, 0.3) is 11.2 Å². The van der Waals surface area contributed by atoms with E-state index in [0.29, 0.717) is 45.2 Å². The Morgan fingerprint density at radius 1 is 1.18 bits per heavy atom. The van der Waals surface area contributed by atoms with E-state index in [2.05, 4.69) is 28.0 Å². The lowest BCUT2D eigenvalue weighted by atomic mass is 10.2. The fourth-order valence-corrected chi connectivity index (χ4v) is 4.37. The minimum absolute atomic E-state index is 0.00834. The fraction of sp³-hybridized carbons (Fsp3) is 0.222. The fourth-order valence-electron chi connectivity index (χ4n) is 3.79. The Morgan fingerprint density at radius 3 is 2.63 bits per heavy atom. The van der Waals surface area contributed by atoms with Crippen LogP contribution in [-0.4, -0.2) is 27.9 Å². The van der Waals surface area contributed by atoms with Crippen molar-refractivity contribution in [1.82, 2.24) is 9.66 Å². The summed E-state index contributed by atoms with van der Waals surface area (Å²) >= 11 is 9.74. The minimum Gasteiger partial charge on any atom is -0.493 e. The van der Waals surface area contributed by atoms with E-state index in [1.54, 1.807) is 36.4 Å². The lowest BCUT2D eigenvalue weighted by Gasteiger charge is -2.14. The van der Waals surface area contributed by atoms with Crippen LogP contribution in [-0.2, 0) is 13.0 Å². The van der Waals surface area contributed by atoms with Crippen molar-refractivity contribution in [2.45, 2.75) is 32.8 Å². The van der Waals surface area contributed by atoms with Gasteiger partial charge in [0.05, 0.1) is 29.2 Å². The lowest BCUT2D eigenvalue weighted by molar-refractivity contribution is -0.384. The number of aryl methyl sites for hydroxylation is 1. The number of fused-ring (bicyclic) bond motifs is 1. The minimum atomic E-state index is -0.460. The summed E-state index contributed by atoms with van der Waals surface area (Å²) in [5.41, 5.74) is 1.51. The number of rotatable bonds is 10. The molecule has 4 rings (SSSR count). The molecule has 196 valence electrons. The number of nitrogens with zero attached hydrogens (tertiary/aromatic N) is 4. The third-order valence-electron chi connectivity index (χ3n) is 5.74. The maximum absolute atomic E-state index is 13.4. The van der Waals surface area contributed by atoms with Crippen molar-refractivity contribution < 1.29 is 14.4 Å². The molecule has 0 spiro atoms. The molecular formula is C27H24BrClN4O5. The molecule has 0 radical (unpaired) electrons. The molecule has 0 unspecified atom stereocenters. The Labute approximate surface area is 232 Å². The molecular weight excluding hydrogens is 576 g/mol. The highest BCUT2D eigenvalue weighted by Crippen LogP contribution is 2.34. The highest BCUT2D eigenvalue weighted by molar-refractivity contribution is 9.10. The molecule has 3 aromatic carbocycles. The largest absolute Gasteiger partial charge is 0.493 e. The van der Waals surface area contributed by atoms with E-state index in [9.17, 15) is 14.9 Å². The molecule has 0 aliphatic heterocycles. The molecule has 0 amide bonds. The van der Waals surface area contributed by atoms with Gasteiger partial charge in [-0.3, -0.25) is 14.9 Å². The monoisotopic (exact) mass is 598 g/mol. The molecule has 38 heavy (non-hydrogen) atoms. The Morgan fingerprint density at radius 2 is 1.95 bits per heavy atom. The summed E-state index contributed by atoms with van der Waals surface area (Å²) in [7, 11) is 1.49. The SMILES string of the molecule is CCCCc1nc2ccc(Br)cc2c(=O)n1N=Cc1cc(Cl)cc(OC)c1OCc1ccc([N+](=O)[O-])cc1. The van der Waals surface area contributed by atoms with Crippen LogP contribution in [0.5, 0.6) is 11.5 Å². The number of hydrogen-bond acceptors (Lipinski definition) is 7. The zero-order valence-electron chi connectivity index (χ0n) is 20.7. The van der Waals surface area contributed by atoms with Crippen LogP contribution in [0.25, 0.3) is 10.9 Å². The van der Waals surface area contributed by atoms with Crippen LogP contribution in [0.2, 0.25) is 5.02 Å².